The van der Waals surface area contributed by atoms with Gasteiger partial charge in [-0.15, -0.1) is 11.3 Å². The molecule has 3 aromatic rings. The molecule has 5 N–H and O–H groups in total. The van der Waals surface area contributed by atoms with Crippen LogP contribution in [-0.2, 0) is 4.79 Å². The summed E-state index contributed by atoms with van der Waals surface area (Å²) < 4.78 is 15.4. The molecule has 0 saturated heterocycles. The summed E-state index contributed by atoms with van der Waals surface area (Å²) in [6.45, 7) is 3.72. The first-order valence-electron chi connectivity index (χ1n) is 8.84. The summed E-state index contributed by atoms with van der Waals surface area (Å²) in [6, 6.07) is 5.26. The lowest BCUT2D eigenvalue weighted by molar-refractivity contribution is -0.138. The molecule has 10 heteroatoms. The van der Waals surface area contributed by atoms with Crippen molar-refractivity contribution in [1.29, 1.82) is 0 Å². The molecule has 152 valence electrons. The number of rotatable bonds is 8. The number of anilines is 3. The average molecular weight is 417 g/mol. The first-order valence-corrected chi connectivity index (χ1v) is 9.72. The van der Waals surface area contributed by atoms with Gasteiger partial charge in [-0.3, -0.25) is 4.79 Å². The first-order chi connectivity index (χ1) is 13.7. The second kappa shape index (κ2) is 8.39. The summed E-state index contributed by atoms with van der Waals surface area (Å²) in [5, 5.41) is 15.0. The minimum Gasteiger partial charge on any atom is -0.480 e. The van der Waals surface area contributed by atoms with E-state index in [2.05, 4.69) is 20.6 Å². The van der Waals surface area contributed by atoms with Gasteiger partial charge in [-0.05, 0) is 36.6 Å². The molecule has 8 nitrogen and oxygen atoms in total. The van der Waals surface area contributed by atoms with E-state index in [0.717, 1.165) is 16.3 Å². The molecule has 1 amide bonds. The summed E-state index contributed by atoms with van der Waals surface area (Å²) >= 11 is 1.44. The summed E-state index contributed by atoms with van der Waals surface area (Å²) in [6.07, 6.45) is 0.277. The van der Waals surface area contributed by atoms with Crippen LogP contribution in [0.5, 0.6) is 0 Å². The average Bonchev–Trinajstić information content (AvgIpc) is 3.10. The lowest BCUT2D eigenvalue weighted by atomic mass is 10.0. The Bertz CT molecular complexity index is 1070. The fourth-order valence-corrected chi connectivity index (χ4v) is 3.52. The van der Waals surface area contributed by atoms with Crippen LogP contribution in [0.15, 0.2) is 29.8 Å². The number of carbonyl (C=O) groups is 2. The van der Waals surface area contributed by atoms with E-state index in [0.29, 0.717) is 5.69 Å². The number of hydrogen-bond donors (Lipinski definition) is 4. The van der Waals surface area contributed by atoms with Gasteiger partial charge in [-0.2, -0.15) is 0 Å². The van der Waals surface area contributed by atoms with Gasteiger partial charge in [0.1, 0.15) is 11.9 Å². The summed E-state index contributed by atoms with van der Waals surface area (Å²) in [7, 11) is 0. The molecule has 1 aromatic carbocycles. The van der Waals surface area contributed by atoms with E-state index < -0.39 is 23.7 Å². The van der Waals surface area contributed by atoms with Crippen LogP contribution in [0.3, 0.4) is 0 Å². The van der Waals surface area contributed by atoms with E-state index in [1.54, 1.807) is 17.6 Å². The molecule has 0 aliphatic heterocycles. The fraction of sp³-hybridized carbons (Fsp3) is 0.263. The molecule has 2 heterocycles. The monoisotopic (exact) mass is 417 g/mol. The molecule has 0 radical (unpaired) electrons. The predicted molar refractivity (Wildman–Crippen MR) is 110 cm³/mol. The number of benzene rings is 1. The molecule has 0 aliphatic carbocycles. The Balaban J connectivity index is 1.96. The van der Waals surface area contributed by atoms with Crippen LogP contribution < -0.4 is 16.4 Å². The maximum Gasteiger partial charge on any atom is 0.326 e. The number of amides is 1. The van der Waals surface area contributed by atoms with Crippen LogP contribution >= 0.6 is 11.3 Å². The standard InChI is InChI=1S/C19H20FN5O3S/c1-9(2)5-14(19(27)28)24-18-12(20)7-11(16(21)26)17(25-18)23-10-3-4-13-15(6-10)29-8-22-13/h3-4,6-9,14H,5H2,1-2H3,(H2,21,26)(H,27,28)(H2,23,24,25)/t14-/m1/s1. The Morgan fingerprint density at radius 2 is 2.03 bits per heavy atom. The van der Waals surface area contributed by atoms with Gasteiger partial charge < -0.3 is 21.5 Å². The molecule has 29 heavy (non-hydrogen) atoms. The van der Waals surface area contributed by atoms with Crippen LogP contribution in [0.4, 0.5) is 21.7 Å². The maximum atomic E-state index is 14.5. The van der Waals surface area contributed by atoms with Gasteiger partial charge in [0, 0.05) is 5.69 Å². The normalized spacial score (nSPS) is 12.1. The largest absolute Gasteiger partial charge is 0.480 e. The smallest absolute Gasteiger partial charge is 0.326 e. The van der Waals surface area contributed by atoms with Gasteiger partial charge >= 0.3 is 5.97 Å². The molecule has 0 aliphatic rings. The van der Waals surface area contributed by atoms with Crippen molar-refractivity contribution < 1.29 is 19.1 Å². The minimum atomic E-state index is -1.12. The number of halogens is 1. The van der Waals surface area contributed by atoms with Gasteiger partial charge in [0.2, 0.25) is 0 Å². The SMILES string of the molecule is CC(C)C[C@@H](Nc1nc(Nc2ccc3ncsc3c2)c(C(N)=O)cc1F)C(=O)O. The van der Waals surface area contributed by atoms with E-state index in [1.165, 1.54) is 11.3 Å². The number of thiazole rings is 1. The second-order valence-corrected chi connectivity index (χ2v) is 7.79. The van der Waals surface area contributed by atoms with Crippen LogP contribution in [0, 0.1) is 11.7 Å². The topological polar surface area (TPSA) is 130 Å². The summed E-state index contributed by atoms with van der Waals surface area (Å²) in [5.74, 6) is -3.02. The number of nitrogens with two attached hydrogens (primary N) is 1. The van der Waals surface area contributed by atoms with Crippen LogP contribution in [0.25, 0.3) is 10.2 Å². The van der Waals surface area contributed by atoms with E-state index >= 15 is 0 Å². The lowest BCUT2D eigenvalue weighted by Crippen LogP contribution is -2.31. The number of aromatic nitrogens is 2. The Labute approximate surface area is 170 Å². The molecule has 0 spiro atoms. The highest BCUT2D eigenvalue weighted by Gasteiger charge is 2.23. The zero-order chi connectivity index (χ0) is 21.1. The number of fused-ring (bicyclic) bond motifs is 1. The van der Waals surface area contributed by atoms with E-state index in [4.69, 9.17) is 5.73 Å². The number of carbonyl (C=O) groups excluding carboxylic acids is 1. The summed E-state index contributed by atoms with van der Waals surface area (Å²) in [4.78, 5) is 31.6. The number of carboxylic acid groups (broad SMARTS) is 1. The van der Waals surface area contributed by atoms with Crippen LogP contribution in [0.1, 0.15) is 30.6 Å². The molecular formula is C19H20FN5O3S. The third kappa shape index (κ3) is 4.77. The van der Waals surface area contributed by atoms with Gasteiger partial charge in [0.15, 0.2) is 11.6 Å². The molecule has 0 fully saturated rings. The molecule has 0 bridgehead atoms. The number of primary amides is 1. The lowest BCUT2D eigenvalue weighted by Gasteiger charge is -2.19. The zero-order valence-corrected chi connectivity index (χ0v) is 16.6. The van der Waals surface area contributed by atoms with Gasteiger partial charge in [0.05, 0.1) is 21.3 Å². The van der Waals surface area contributed by atoms with Gasteiger partial charge in [0.25, 0.3) is 5.91 Å². The molecular weight excluding hydrogens is 397 g/mol. The molecule has 2 aromatic heterocycles. The van der Waals surface area contributed by atoms with Crippen molar-refractivity contribution in [2.24, 2.45) is 11.7 Å². The Morgan fingerprint density at radius 1 is 1.28 bits per heavy atom. The Morgan fingerprint density at radius 3 is 2.69 bits per heavy atom. The molecule has 1 atom stereocenters. The van der Waals surface area contributed by atoms with Crippen molar-refractivity contribution in [3.8, 4) is 0 Å². The summed E-state index contributed by atoms with van der Waals surface area (Å²) in [5.41, 5.74) is 8.36. The molecule has 0 unspecified atom stereocenters. The van der Waals surface area contributed by atoms with E-state index in [1.807, 2.05) is 19.9 Å². The minimum absolute atomic E-state index is 0.0268. The predicted octanol–water partition coefficient (Wildman–Crippen LogP) is 3.58. The number of pyridine rings is 1. The van der Waals surface area contributed by atoms with E-state index in [-0.39, 0.29) is 29.5 Å². The Hall–Kier alpha value is -3.27. The Kier molecular flexibility index (Phi) is 5.92. The number of aliphatic carboxylic acids is 1. The van der Waals surface area contributed by atoms with Crippen molar-refractivity contribution in [1.82, 2.24) is 9.97 Å². The van der Waals surface area contributed by atoms with Crippen molar-refractivity contribution in [2.75, 3.05) is 10.6 Å². The number of nitrogens with one attached hydrogen (secondary N) is 2. The molecule has 0 saturated carbocycles. The number of nitrogens with zero attached hydrogens (tertiary/aromatic N) is 2. The van der Waals surface area contributed by atoms with Crippen molar-refractivity contribution in [3.05, 3.63) is 41.2 Å². The maximum absolute atomic E-state index is 14.5. The van der Waals surface area contributed by atoms with Crippen molar-refractivity contribution in [2.45, 2.75) is 26.3 Å². The highest BCUT2D eigenvalue weighted by Crippen LogP contribution is 2.27. The number of hydrogen-bond acceptors (Lipinski definition) is 7. The zero-order valence-electron chi connectivity index (χ0n) is 15.8. The van der Waals surface area contributed by atoms with Gasteiger partial charge in [-0.25, -0.2) is 19.2 Å². The van der Waals surface area contributed by atoms with E-state index in [9.17, 15) is 19.1 Å². The third-order valence-corrected chi connectivity index (χ3v) is 4.94. The quantitative estimate of drug-likeness (QED) is 0.441. The highest BCUT2D eigenvalue weighted by atomic mass is 32.1. The van der Waals surface area contributed by atoms with Crippen LogP contribution in [-0.4, -0.2) is 33.0 Å². The third-order valence-electron chi connectivity index (χ3n) is 4.15. The first kappa shape index (κ1) is 20.5. The number of carboxylic acids is 1. The van der Waals surface area contributed by atoms with Crippen molar-refractivity contribution >= 4 is 50.8 Å². The van der Waals surface area contributed by atoms with Crippen LogP contribution in [0.2, 0.25) is 0 Å². The van der Waals surface area contributed by atoms with Gasteiger partial charge in [-0.1, -0.05) is 13.8 Å². The fourth-order valence-electron chi connectivity index (χ4n) is 2.80. The highest BCUT2D eigenvalue weighted by molar-refractivity contribution is 7.16. The molecule has 3 rings (SSSR count). The van der Waals surface area contributed by atoms with Crippen molar-refractivity contribution in [3.63, 3.8) is 0 Å². The second-order valence-electron chi connectivity index (χ2n) is 6.90.